The van der Waals surface area contributed by atoms with E-state index in [1.165, 1.54) is 62.5 Å². The highest BCUT2D eigenvalue weighted by molar-refractivity contribution is 5.73. The maximum atomic E-state index is 10.7. The van der Waals surface area contributed by atoms with E-state index in [1.807, 2.05) is 0 Å². The molecule has 0 fully saturated rings. The summed E-state index contributed by atoms with van der Waals surface area (Å²) in [4.78, 5) is 21.4. The third kappa shape index (κ3) is 14.2. The summed E-state index contributed by atoms with van der Waals surface area (Å²) in [7, 11) is 0. The Balaban J connectivity index is 2.04. The van der Waals surface area contributed by atoms with Gasteiger partial charge in [-0.15, -0.1) is 0 Å². The fraction of sp³-hybridized carbons (Fsp3) is 0.667. The zero-order valence-corrected chi connectivity index (χ0v) is 17.6. The van der Waals surface area contributed by atoms with E-state index in [4.69, 9.17) is 11.5 Å². The summed E-state index contributed by atoms with van der Waals surface area (Å²) in [6.45, 7) is 0. The Morgan fingerprint density at radius 1 is 0.571 bits per heavy atom. The number of primary amides is 2. The molecule has 1 rings (SSSR count). The number of hydrogen-bond acceptors (Lipinski definition) is 2. The van der Waals surface area contributed by atoms with Gasteiger partial charge in [0.2, 0.25) is 11.8 Å². The fourth-order valence-corrected chi connectivity index (χ4v) is 3.61. The first kappa shape index (κ1) is 24.2. The molecule has 2 amide bonds. The Kier molecular flexibility index (Phi) is 14.0. The van der Waals surface area contributed by atoms with Crippen molar-refractivity contribution < 1.29 is 9.59 Å². The van der Waals surface area contributed by atoms with Crippen LogP contribution in [0, 0.1) is 0 Å². The topological polar surface area (TPSA) is 86.2 Å². The first-order chi connectivity index (χ1) is 13.6. The lowest BCUT2D eigenvalue weighted by molar-refractivity contribution is -0.119. The van der Waals surface area contributed by atoms with E-state index in [9.17, 15) is 9.59 Å². The molecule has 0 heterocycles. The number of rotatable bonds is 18. The van der Waals surface area contributed by atoms with Crippen LogP contribution >= 0.6 is 0 Å². The molecule has 0 spiro atoms. The largest absolute Gasteiger partial charge is 0.370 e. The van der Waals surface area contributed by atoms with Gasteiger partial charge in [-0.1, -0.05) is 75.6 Å². The molecule has 0 radical (unpaired) electrons. The molecule has 158 valence electrons. The average molecular weight is 389 g/mol. The predicted molar refractivity (Wildman–Crippen MR) is 117 cm³/mol. The highest BCUT2D eigenvalue weighted by atomic mass is 16.1. The Bertz CT molecular complexity index is 512. The van der Waals surface area contributed by atoms with Gasteiger partial charge < -0.3 is 11.5 Å². The van der Waals surface area contributed by atoms with E-state index in [1.54, 1.807) is 0 Å². The molecule has 0 aliphatic carbocycles. The van der Waals surface area contributed by atoms with Crippen molar-refractivity contribution in [1.29, 1.82) is 0 Å². The average Bonchev–Trinajstić information content (AvgIpc) is 2.66. The van der Waals surface area contributed by atoms with Crippen molar-refractivity contribution >= 4 is 11.8 Å². The number of carbonyl (C=O) groups excluding carboxylic acids is 2. The van der Waals surface area contributed by atoms with Gasteiger partial charge in [0.1, 0.15) is 0 Å². The van der Waals surface area contributed by atoms with Gasteiger partial charge in [0.15, 0.2) is 0 Å². The lowest BCUT2D eigenvalue weighted by Gasteiger charge is -2.06. The number of amides is 2. The van der Waals surface area contributed by atoms with Crippen molar-refractivity contribution in [3.05, 3.63) is 35.4 Å². The van der Waals surface area contributed by atoms with Gasteiger partial charge >= 0.3 is 0 Å². The maximum Gasteiger partial charge on any atom is 0.217 e. The van der Waals surface area contributed by atoms with Crippen LogP contribution < -0.4 is 11.5 Å². The van der Waals surface area contributed by atoms with Crippen LogP contribution in [0.15, 0.2) is 24.3 Å². The molecule has 4 heteroatoms. The minimum atomic E-state index is -0.180. The Morgan fingerprint density at radius 3 is 1.32 bits per heavy atom. The van der Waals surface area contributed by atoms with Crippen molar-refractivity contribution in [3.8, 4) is 0 Å². The van der Waals surface area contributed by atoms with Crippen molar-refractivity contribution in [2.75, 3.05) is 0 Å². The molecule has 28 heavy (non-hydrogen) atoms. The molecule has 0 atom stereocenters. The third-order valence-corrected chi connectivity index (χ3v) is 5.27. The second-order valence-corrected chi connectivity index (χ2v) is 8.00. The van der Waals surface area contributed by atoms with Gasteiger partial charge in [-0.05, 0) is 49.7 Å². The van der Waals surface area contributed by atoms with Crippen LogP contribution in [0.1, 0.15) is 101 Å². The maximum absolute atomic E-state index is 10.7. The molecule has 0 saturated heterocycles. The zero-order valence-electron chi connectivity index (χ0n) is 17.6. The van der Waals surface area contributed by atoms with E-state index in [0.717, 1.165) is 38.5 Å². The predicted octanol–water partition coefficient (Wildman–Crippen LogP) is 5.20. The SMILES string of the molecule is NC(=O)CCCCCCCCc1cccc(CCCCCCCCC(N)=O)c1. The van der Waals surface area contributed by atoms with Crippen molar-refractivity contribution in [2.24, 2.45) is 11.5 Å². The summed E-state index contributed by atoms with van der Waals surface area (Å²) in [5, 5.41) is 0. The van der Waals surface area contributed by atoms with Gasteiger partial charge in [-0.2, -0.15) is 0 Å². The molecule has 0 unspecified atom stereocenters. The molecular formula is C24H40N2O2. The number of aryl methyl sites for hydroxylation is 2. The summed E-state index contributed by atoms with van der Waals surface area (Å²) < 4.78 is 0. The van der Waals surface area contributed by atoms with Gasteiger partial charge in [0.25, 0.3) is 0 Å². The molecule has 0 bridgehead atoms. The molecule has 1 aromatic carbocycles. The second kappa shape index (κ2) is 16.1. The van der Waals surface area contributed by atoms with Gasteiger partial charge in [-0.3, -0.25) is 9.59 Å². The molecular weight excluding hydrogens is 348 g/mol. The molecule has 1 aromatic rings. The first-order valence-corrected chi connectivity index (χ1v) is 11.2. The molecule has 0 saturated carbocycles. The van der Waals surface area contributed by atoms with Crippen LogP contribution in [0.5, 0.6) is 0 Å². The normalized spacial score (nSPS) is 10.9. The lowest BCUT2D eigenvalue weighted by atomic mass is 10.00. The van der Waals surface area contributed by atoms with Crippen LogP contribution in [-0.2, 0) is 22.4 Å². The van der Waals surface area contributed by atoms with Crippen LogP contribution in [0.4, 0.5) is 0 Å². The number of carbonyl (C=O) groups is 2. The number of nitrogens with two attached hydrogens (primary N) is 2. The van der Waals surface area contributed by atoms with Gasteiger partial charge in [-0.25, -0.2) is 0 Å². The van der Waals surface area contributed by atoms with E-state index in [0.29, 0.717) is 12.8 Å². The standard InChI is InChI=1S/C24H40N2O2/c25-23(27)18-11-7-3-1-5-9-14-21-16-13-17-22(20-21)15-10-6-2-4-8-12-19-24(26)28/h13,16-17,20H,1-12,14-15,18-19H2,(H2,25,27)(H2,26,28). The highest BCUT2D eigenvalue weighted by Crippen LogP contribution is 2.15. The van der Waals surface area contributed by atoms with Crippen LogP contribution in [-0.4, -0.2) is 11.8 Å². The molecule has 0 aliphatic heterocycles. The number of unbranched alkanes of at least 4 members (excludes halogenated alkanes) is 10. The summed E-state index contributed by atoms with van der Waals surface area (Å²) in [6.07, 6.45) is 17.4. The summed E-state index contributed by atoms with van der Waals surface area (Å²) in [6, 6.07) is 9.06. The lowest BCUT2D eigenvalue weighted by Crippen LogP contribution is -2.09. The summed E-state index contributed by atoms with van der Waals surface area (Å²) in [5.41, 5.74) is 13.2. The molecule has 4 N–H and O–H groups in total. The smallest absolute Gasteiger partial charge is 0.217 e. The Morgan fingerprint density at radius 2 is 0.929 bits per heavy atom. The highest BCUT2D eigenvalue weighted by Gasteiger charge is 2.00. The summed E-state index contributed by atoms with van der Waals surface area (Å²) in [5.74, 6) is -0.361. The van der Waals surface area contributed by atoms with E-state index < -0.39 is 0 Å². The van der Waals surface area contributed by atoms with E-state index >= 15 is 0 Å². The minimum absolute atomic E-state index is 0.180. The van der Waals surface area contributed by atoms with E-state index in [-0.39, 0.29) is 11.8 Å². The van der Waals surface area contributed by atoms with E-state index in [2.05, 4.69) is 24.3 Å². The zero-order chi connectivity index (χ0) is 20.5. The monoisotopic (exact) mass is 388 g/mol. The van der Waals surface area contributed by atoms with Crippen LogP contribution in [0.2, 0.25) is 0 Å². The third-order valence-electron chi connectivity index (χ3n) is 5.27. The van der Waals surface area contributed by atoms with Crippen molar-refractivity contribution in [2.45, 2.75) is 103 Å². The second-order valence-electron chi connectivity index (χ2n) is 8.00. The fourth-order valence-electron chi connectivity index (χ4n) is 3.61. The Hall–Kier alpha value is -1.84. The summed E-state index contributed by atoms with van der Waals surface area (Å²) >= 11 is 0. The van der Waals surface area contributed by atoms with Gasteiger partial charge in [0, 0.05) is 12.8 Å². The molecule has 0 aromatic heterocycles. The quantitative estimate of drug-likeness (QED) is 0.338. The number of hydrogen-bond donors (Lipinski definition) is 2. The van der Waals surface area contributed by atoms with Crippen molar-refractivity contribution in [1.82, 2.24) is 0 Å². The molecule has 4 nitrogen and oxygen atoms in total. The molecule has 0 aliphatic rings. The van der Waals surface area contributed by atoms with Crippen LogP contribution in [0.25, 0.3) is 0 Å². The van der Waals surface area contributed by atoms with Crippen molar-refractivity contribution in [3.63, 3.8) is 0 Å². The minimum Gasteiger partial charge on any atom is -0.370 e. The first-order valence-electron chi connectivity index (χ1n) is 11.2. The van der Waals surface area contributed by atoms with Crippen LogP contribution in [0.3, 0.4) is 0 Å². The van der Waals surface area contributed by atoms with Gasteiger partial charge in [0.05, 0.1) is 0 Å². The number of benzene rings is 1. The Labute approximate surface area is 171 Å².